The first-order valence-corrected chi connectivity index (χ1v) is 11.2. The zero-order chi connectivity index (χ0) is 21.3. The second kappa shape index (κ2) is 11.2. The molecule has 1 saturated heterocycles. The van der Waals surface area contributed by atoms with E-state index in [1.807, 2.05) is 24.3 Å². The summed E-state index contributed by atoms with van der Waals surface area (Å²) in [6, 6.07) is 12.4. The fraction of sp³-hybridized carbons (Fsp3) is 0.542. The lowest BCUT2D eigenvalue weighted by molar-refractivity contribution is 0.0536. The molecular weight excluding hydrogens is 394 g/mol. The van der Waals surface area contributed by atoms with Gasteiger partial charge in [0.05, 0.1) is 38.7 Å². The van der Waals surface area contributed by atoms with Crippen LogP contribution in [0.5, 0.6) is 5.75 Å². The van der Waals surface area contributed by atoms with Gasteiger partial charge in [-0.2, -0.15) is 0 Å². The lowest BCUT2D eigenvalue weighted by Gasteiger charge is -2.31. The van der Waals surface area contributed by atoms with E-state index in [-0.39, 0.29) is 6.04 Å². The number of ether oxygens (including phenoxy) is 3. The van der Waals surface area contributed by atoms with Gasteiger partial charge in [0, 0.05) is 51.1 Å². The van der Waals surface area contributed by atoms with Crippen molar-refractivity contribution < 1.29 is 18.6 Å². The number of hydrogen-bond acceptors (Lipinski definition) is 5. The number of methoxy groups -OCH3 is 1. The first-order chi connectivity index (χ1) is 15.3. The highest BCUT2D eigenvalue weighted by Crippen LogP contribution is 2.32. The van der Waals surface area contributed by atoms with Gasteiger partial charge in [-0.3, -0.25) is 4.99 Å². The Kier molecular flexibility index (Phi) is 7.85. The number of rotatable bonds is 9. The molecule has 2 atom stereocenters. The molecule has 0 radical (unpaired) electrons. The molecule has 0 aliphatic carbocycles. The highest BCUT2D eigenvalue weighted by atomic mass is 16.5. The molecule has 7 nitrogen and oxygen atoms in total. The third kappa shape index (κ3) is 6.02. The second-order valence-electron chi connectivity index (χ2n) is 8.08. The van der Waals surface area contributed by atoms with E-state index in [0.29, 0.717) is 32.3 Å². The number of para-hydroxylation sites is 1. The number of furan rings is 1. The van der Waals surface area contributed by atoms with Crippen LogP contribution in [0, 0.1) is 5.92 Å². The van der Waals surface area contributed by atoms with Gasteiger partial charge in [-0.05, 0) is 24.6 Å². The summed E-state index contributed by atoms with van der Waals surface area (Å²) in [6.45, 7) is 5.38. The molecule has 4 rings (SSSR count). The summed E-state index contributed by atoms with van der Waals surface area (Å²) in [5.41, 5.74) is 1.20. The molecule has 2 unspecified atom stereocenters. The lowest BCUT2D eigenvalue weighted by Crippen LogP contribution is -2.43. The summed E-state index contributed by atoms with van der Waals surface area (Å²) in [7, 11) is 1.70. The summed E-state index contributed by atoms with van der Waals surface area (Å²) >= 11 is 0. The molecule has 7 heteroatoms. The van der Waals surface area contributed by atoms with Gasteiger partial charge in [0.15, 0.2) is 5.96 Å². The van der Waals surface area contributed by atoms with Gasteiger partial charge in [-0.25, -0.2) is 0 Å². The summed E-state index contributed by atoms with van der Waals surface area (Å²) in [6.07, 6.45) is 4.54. The van der Waals surface area contributed by atoms with E-state index in [1.165, 1.54) is 5.56 Å². The molecule has 1 fully saturated rings. The van der Waals surface area contributed by atoms with Gasteiger partial charge >= 0.3 is 0 Å². The minimum Gasteiger partial charge on any atom is -0.493 e. The molecule has 1 aromatic carbocycles. The highest BCUT2D eigenvalue weighted by Gasteiger charge is 2.28. The van der Waals surface area contributed by atoms with Gasteiger partial charge in [0.25, 0.3) is 0 Å². The number of likely N-dealkylation sites (tertiary alicyclic amines) is 1. The SMILES string of the molecule is COCCOCC1CCN(C(=NCCc2ccco2)NC2CCOc3ccccc32)C1. The van der Waals surface area contributed by atoms with Crippen molar-refractivity contribution in [3.05, 3.63) is 54.0 Å². The topological polar surface area (TPSA) is 68.5 Å². The van der Waals surface area contributed by atoms with E-state index < -0.39 is 0 Å². The molecule has 31 heavy (non-hydrogen) atoms. The largest absolute Gasteiger partial charge is 0.493 e. The molecule has 1 N–H and O–H groups in total. The molecule has 168 valence electrons. The van der Waals surface area contributed by atoms with Crippen LogP contribution in [-0.2, 0) is 15.9 Å². The summed E-state index contributed by atoms with van der Waals surface area (Å²) in [5, 5.41) is 3.74. The van der Waals surface area contributed by atoms with Crippen molar-refractivity contribution in [1.82, 2.24) is 10.2 Å². The Morgan fingerprint density at radius 3 is 3.00 bits per heavy atom. The van der Waals surface area contributed by atoms with Crippen molar-refractivity contribution in [2.75, 3.05) is 53.2 Å². The van der Waals surface area contributed by atoms with E-state index in [1.54, 1.807) is 13.4 Å². The summed E-state index contributed by atoms with van der Waals surface area (Å²) in [5.74, 6) is 3.40. The minimum absolute atomic E-state index is 0.198. The molecule has 2 aromatic rings. The van der Waals surface area contributed by atoms with Crippen LogP contribution in [0.3, 0.4) is 0 Å². The van der Waals surface area contributed by atoms with Crippen LogP contribution >= 0.6 is 0 Å². The van der Waals surface area contributed by atoms with Gasteiger partial charge < -0.3 is 28.8 Å². The fourth-order valence-electron chi connectivity index (χ4n) is 4.16. The molecule has 0 saturated carbocycles. The molecule has 2 aliphatic rings. The number of aliphatic imine (C=N–C) groups is 1. The maximum absolute atomic E-state index is 5.84. The molecule has 3 heterocycles. The van der Waals surface area contributed by atoms with Crippen molar-refractivity contribution in [3.8, 4) is 5.75 Å². The zero-order valence-electron chi connectivity index (χ0n) is 18.3. The maximum Gasteiger partial charge on any atom is 0.194 e. The first kappa shape index (κ1) is 21.7. The Morgan fingerprint density at radius 1 is 1.19 bits per heavy atom. The predicted octanol–water partition coefficient (Wildman–Crippen LogP) is 3.28. The number of benzene rings is 1. The number of nitrogens with one attached hydrogen (secondary N) is 1. The molecule has 0 bridgehead atoms. The Labute approximate surface area is 184 Å². The van der Waals surface area contributed by atoms with E-state index in [4.69, 9.17) is 23.6 Å². The van der Waals surface area contributed by atoms with Crippen LogP contribution in [0.15, 0.2) is 52.1 Å². The van der Waals surface area contributed by atoms with E-state index >= 15 is 0 Å². The van der Waals surface area contributed by atoms with Crippen LogP contribution in [-0.4, -0.2) is 64.0 Å². The standard InChI is InChI=1S/C24H33N3O4/c1-28-15-16-29-18-19-9-12-27(17-19)24(25-11-8-20-5-4-13-30-20)26-22-10-14-31-23-7-3-2-6-21(22)23/h2-7,13,19,22H,8-12,14-18H2,1H3,(H,25,26). The van der Waals surface area contributed by atoms with E-state index in [9.17, 15) is 0 Å². The minimum atomic E-state index is 0.198. The number of hydrogen-bond donors (Lipinski definition) is 1. The van der Waals surface area contributed by atoms with Crippen molar-refractivity contribution in [2.24, 2.45) is 10.9 Å². The number of nitrogens with zero attached hydrogens (tertiary/aromatic N) is 2. The van der Waals surface area contributed by atoms with Crippen molar-refractivity contribution >= 4 is 5.96 Å². The van der Waals surface area contributed by atoms with Crippen LogP contribution in [0.1, 0.15) is 30.2 Å². The highest BCUT2D eigenvalue weighted by molar-refractivity contribution is 5.81. The molecule has 2 aliphatic heterocycles. The van der Waals surface area contributed by atoms with E-state index in [0.717, 1.165) is 56.4 Å². The number of guanidine groups is 1. The third-order valence-corrected chi connectivity index (χ3v) is 5.83. The smallest absolute Gasteiger partial charge is 0.194 e. The summed E-state index contributed by atoms with van der Waals surface area (Å²) < 4.78 is 22.2. The Bertz CT molecular complexity index is 824. The second-order valence-corrected chi connectivity index (χ2v) is 8.08. The molecule has 0 spiro atoms. The lowest BCUT2D eigenvalue weighted by atomic mass is 10.0. The third-order valence-electron chi connectivity index (χ3n) is 5.83. The van der Waals surface area contributed by atoms with Crippen LogP contribution in [0.25, 0.3) is 0 Å². The average Bonchev–Trinajstić information content (AvgIpc) is 3.49. The van der Waals surface area contributed by atoms with Crippen LogP contribution < -0.4 is 10.1 Å². The van der Waals surface area contributed by atoms with Crippen molar-refractivity contribution in [2.45, 2.75) is 25.3 Å². The predicted molar refractivity (Wildman–Crippen MR) is 120 cm³/mol. The number of fused-ring (bicyclic) bond motifs is 1. The summed E-state index contributed by atoms with van der Waals surface area (Å²) in [4.78, 5) is 7.33. The van der Waals surface area contributed by atoms with Crippen LogP contribution in [0.4, 0.5) is 0 Å². The quantitative estimate of drug-likeness (QED) is 0.376. The zero-order valence-corrected chi connectivity index (χ0v) is 18.3. The van der Waals surface area contributed by atoms with Gasteiger partial charge in [0.1, 0.15) is 11.5 Å². The van der Waals surface area contributed by atoms with Crippen molar-refractivity contribution in [3.63, 3.8) is 0 Å². The Hall–Kier alpha value is -2.51. The monoisotopic (exact) mass is 427 g/mol. The van der Waals surface area contributed by atoms with Crippen LogP contribution in [0.2, 0.25) is 0 Å². The van der Waals surface area contributed by atoms with Gasteiger partial charge in [-0.15, -0.1) is 0 Å². The fourth-order valence-corrected chi connectivity index (χ4v) is 4.16. The Balaban J connectivity index is 1.41. The first-order valence-electron chi connectivity index (χ1n) is 11.2. The maximum atomic E-state index is 5.84. The van der Waals surface area contributed by atoms with Crippen molar-refractivity contribution in [1.29, 1.82) is 0 Å². The molecule has 0 amide bonds. The molecular formula is C24H33N3O4. The normalized spacial score (nSPS) is 21.1. The van der Waals surface area contributed by atoms with Gasteiger partial charge in [0.2, 0.25) is 0 Å². The van der Waals surface area contributed by atoms with Gasteiger partial charge in [-0.1, -0.05) is 18.2 Å². The van der Waals surface area contributed by atoms with E-state index in [2.05, 4.69) is 22.3 Å². The average molecular weight is 428 g/mol. The molecule has 1 aromatic heterocycles. The Morgan fingerprint density at radius 2 is 2.13 bits per heavy atom.